The zero-order valence-corrected chi connectivity index (χ0v) is 11.4. The summed E-state index contributed by atoms with van der Waals surface area (Å²) >= 11 is 0. The molecule has 3 atom stereocenters. The Bertz CT molecular complexity index is 146. The smallest absolute Gasteiger partial charge is 0.0329 e. The Kier molecular flexibility index (Phi) is 5.78. The summed E-state index contributed by atoms with van der Waals surface area (Å²) in [5.74, 6) is 2.56. The van der Waals surface area contributed by atoms with Gasteiger partial charge in [0.2, 0.25) is 0 Å². The Morgan fingerprint density at radius 2 is 1.50 bits per heavy atom. The van der Waals surface area contributed by atoms with Crippen molar-refractivity contribution in [2.75, 3.05) is 0 Å². The van der Waals surface area contributed by atoms with E-state index in [1.165, 1.54) is 19.3 Å². The molecule has 0 heteroatoms. The van der Waals surface area contributed by atoms with Crippen molar-refractivity contribution in [3.05, 3.63) is 0 Å². The molecule has 0 saturated carbocycles. The van der Waals surface area contributed by atoms with Gasteiger partial charge in [-0.25, -0.2) is 0 Å². The topological polar surface area (TPSA) is 0 Å². The molecule has 0 aromatic rings. The lowest BCUT2D eigenvalue weighted by molar-refractivity contribution is 0.120. The summed E-state index contributed by atoms with van der Waals surface area (Å²) in [7, 11) is 0. The second-order valence-corrected chi connectivity index (χ2v) is 5.76. The summed E-state index contributed by atoms with van der Waals surface area (Å²) in [6.07, 6.45) is 3.99. The highest BCUT2D eigenvalue weighted by molar-refractivity contribution is 4.80. The first-order valence-electron chi connectivity index (χ1n) is 6.36. The van der Waals surface area contributed by atoms with Gasteiger partial charge in [-0.1, -0.05) is 67.7 Å². The molecule has 0 heterocycles. The largest absolute Gasteiger partial charge is 0.0654 e. The Hall–Kier alpha value is 0. The molecular weight excluding hydrogens is 168 g/mol. The average Bonchev–Trinajstić information content (AvgIpc) is 2.15. The fraction of sp³-hybridized carbons (Fsp3) is 1.00. The maximum atomic E-state index is 2.43. The second kappa shape index (κ2) is 5.78. The van der Waals surface area contributed by atoms with E-state index in [1.807, 2.05) is 0 Å². The van der Waals surface area contributed by atoms with Gasteiger partial charge in [-0.2, -0.15) is 0 Å². The predicted octanol–water partition coefficient (Wildman–Crippen LogP) is 5.13. The molecule has 0 radical (unpaired) electrons. The minimum absolute atomic E-state index is 0.501. The number of rotatable bonds is 6. The van der Waals surface area contributed by atoms with Crippen molar-refractivity contribution >= 4 is 0 Å². The van der Waals surface area contributed by atoms with Crippen LogP contribution in [-0.4, -0.2) is 0 Å². The van der Waals surface area contributed by atoms with Gasteiger partial charge in [-0.15, -0.1) is 0 Å². The van der Waals surface area contributed by atoms with Gasteiger partial charge in [0.25, 0.3) is 0 Å². The van der Waals surface area contributed by atoms with E-state index < -0.39 is 0 Å². The highest BCUT2D eigenvalue weighted by atomic mass is 14.4. The Morgan fingerprint density at radius 3 is 1.86 bits per heavy atom. The monoisotopic (exact) mass is 198 g/mol. The van der Waals surface area contributed by atoms with Crippen molar-refractivity contribution in [3.8, 4) is 0 Å². The molecule has 0 amide bonds. The molecule has 0 fully saturated rings. The first-order chi connectivity index (χ1) is 6.36. The van der Waals surface area contributed by atoms with Gasteiger partial charge >= 0.3 is 0 Å². The van der Waals surface area contributed by atoms with Gasteiger partial charge in [-0.05, 0) is 23.2 Å². The highest BCUT2D eigenvalue weighted by Crippen LogP contribution is 2.39. The van der Waals surface area contributed by atoms with Crippen LogP contribution < -0.4 is 0 Å². The third-order valence-electron chi connectivity index (χ3n) is 4.57. The molecule has 0 aliphatic carbocycles. The zero-order valence-electron chi connectivity index (χ0n) is 11.4. The molecule has 14 heavy (non-hydrogen) atoms. The van der Waals surface area contributed by atoms with Crippen molar-refractivity contribution in [1.29, 1.82) is 0 Å². The number of hydrogen-bond donors (Lipinski definition) is 0. The summed E-state index contributed by atoms with van der Waals surface area (Å²) in [5, 5.41) is 0. The Balaban J connectivity index is 4.30. The first kappa shape index (κ1) is 14.0. The summed E-state index contributed by atoms with van der Waals surface area (Å²) in [6, 6.07) is 0. The normalized spacial score (nSPS) is 19.1. The molecule has 0 aliphatic heterocycles. The van der Waals surface area contributed by atoms with Gasteiger partial charge in [0.1, 0.15) is 0 Å². The van der Waals surface area contributed by atoms with Crippen LogP contribution in [0.15, 0.2) is 0 Å². The molecule has 0 aromatic carbocycles. The third kappa shape index (κ3) is 3.63. The average molecular weight is 198 g/mol. The van der Waals surface area contributed by atoms with Crippen LogP contribution in [0, 0.1) is 23.2 Å². The lowest BCUT2D eigenvalue weighted by atomic mass is 9.68. The third-order valence-corrected chi connectivity index (χ3v) is 4.57. The molecule has 0 nitrogen and oxygen atoms in total. The lowest BCUT2D eigenvalue weighted by Gasteiger charge is -2.38. The van der Waals surface area contributed by atoms with Crippen LogP contribution in [0.25, 0.3) is 0 Å². The van der Waals surface area contributed by atoms with Gasteiger partial charge in [-0.3, -0.25) is 0 Å². The van der Waals surface area contributed by atoms with Crippen LogP contribution in [0.1, 0.15) is 67.7 Å². The molecule has 0 N–H and O–H groups in total. The van der Waals surface area contributed by atoms with Crippen LogP contribution >= 0.6 is 0 Å². The molecule has 86 valence electrons. The van der Waals surface area contributed by atoms with Crippen molar-refractivity contribution in [3.63, 3.8) is 0 Å². The molecular formula is C14H30. The summed E-state index contributed by atoms with van der Waals surface area (Å²) in [4.78, 5) is 0. The van der Waals surface area contributed by atoms with Crippen molar-refractivity contribution in [2.45, 2.75) is 67.7 Å². The van der Waals surface area contributed by atoms with E-state index in [2.05, 4.69) is 48.5 Å². The van der Waals surface area contributed by atoms with Gasteiger partial charge < -0.3 is 0 Å². The van der Waals surface area contributed by atoms with Crippen LogP contribution in [0.2, 0.25) is 0 Å². The molecule has 0 aliphatic rings. The van der Waals surface area contributed by atoms with E-state index in [4.69, 9.17) is 0 Å². The summed E-state index contributed by atoms with van der Waals surface area (Å²) in [5.41, 5.74) is 0.501. The van der Waals surface area contributed by atoms with Crippen molar-refractivity contribution in [2.24, 2.45) is 23.2 Å². The Labute approximate surface area is 91.5 Å². The fourth-order valence-corrected chi connectivity index (χ4v) is 2.24. The van der Waals surface area contributed by atoms with E-state index in [9.17, 15) is 0 Å². The fourth-order valence-electron chi connectivity index (χ4n) is 2.24. The lowest BCUT2D eigenvalue weighted by Crippen LogP contribution is -2.29. The molecule has 0 spiro atoms. The molecule has 0 rings (SSSR count). The zero-order chi connectivity index (χ0) is 11.4. The minimum atomic E-state index is 0.501. The van der Waals surface area contributed by atoms with Crippen molar-refractivity contribution in [1.82, 2.24) is 0 Å². The highest BCUT2D eigenvalue weighted by Gasteiger charge is 2.30. The predicted molar refractivity (Wildman–Crippen MR) is 66.5 cm³/mol. The maximum Gasteiger partial charge on any atom is -0.0329 e. The van der Waals surface area contributed by atoms with Crippen LogP contribution in [0.5, 0.6) is 0 Å². The van der Waals surface area contributed by atoms with E-state index in [1.54, 1.807) is 0 Å². The quantitative estimate of drug-likeness (QED) is 0.555. The SMILES string of the molecule is CCCC(C)C(C)C(C)C(C)(C)CC. The molecule has 3 unspecified atom stereocenters. The van der Waals surface area contributed by atoms with E-state index in [0.29, 0.717) is 5.41 Å². The van der Waals surface area contributed by atoms with Gasteiger partial charge in [0.15, 0.2) is 0 Å². The standard InChI is InChI=1S/C14H30/c1-8-10-11(3)12(4)13(5)14(6,7)9-2/h11-13H,8-10H2,1-7H3. The van der Waals surface area contributed by atoms with Crippen molar-refractivity contribution < 1.29 is 0 Å². The molecule has 0 saturated heterocycles. The Morgan fingerprint density at radius 1 is 1.00 bits per heavy atom. The van der Waals surface area contributed by atoms with E-state index in [-0.39, 0.29) is 0 Å². The summed E-state index contributed by atoms with van der Waals surface area (Å²) < 4.78 is 0. The van der Waals surface area contributed by atoms with Gasteiger partial charge in [0, 0.05) is 0 Å². The van der Waals surface area contributed by atoms with E-state index in [0.717, 1.165) is 17.8 Å². The van der Waals surface area contributed by atoms with Gasteiger partial charge in [0.05, 0.1) is 0 Å². The second-order valence-electron chi connectivity index (χ2n) is 5.76. The first-order valence-corrected chi connectivity index (χ1v) is 6.36. The number of hydrogen-bond acceptors (Lipinski definition) is 0. The van der Waals surface area contributed by atoms with E-state index >= 15 is 0 Å². The molecule has 0 bridgehead atoms. The summed E-state index contributed by atoms with van der Waals surface area (Å²) in [6.45, 7) is 16.7. The maximum absolute atomic E-state index is 2.43. The van der Waals surface area contributed by atoms with Crippen LogP contribution in [0.3, 0.4) is 0 Å². The molecule has 0 aromatic heterocycles. The van der Waals surface area contributed by atoms with Crippen LogP contribution in [-0.2, 0) is 0 Å². The van der Waals surface area contributed by atoms with Crippen LogP contribution in [0.4, 0.5) is 0 Å². The minimum Gasteiger partial charge on any atom is -0.0654 e.